The van der Waals surface area contributed by atoms with Crippen LogP contribution in [0.4, 0.5) is 24.7 Å². The zero-order valence-corrected chi connectivity index (χ0v) is 11.2. The minimum Gasteiger partial charge on any atom is -0.341 e. The standard InChI is InChI=1S/C13H12F3N3O2/c1-18-10(7-11(20)19(2)12(18)21)17-9-5-3-4-8(6-9)13(14,15)16/h3-7,17H,1-2H3. The van der Waals surface area contributed by atoms with E-state index in [1.54, 1.807) is 0 Å². The minimum atomic E-state index is -4.46. The second-order valence-corrected chi connectivity index (χ2v) is 4.47. The summed E-state index contributed by atoms with van der Waals surface area (Å²) in [5.74, 6) is 0.113. The molecular formula is C13H12F3N3O2. The summed E-state index contributed by atoms with van der Waals surface area (Å²) in [6, 6.07) is 5.64. The molecule has 0 aliphatic rings. The largest absolute Gasteiger partial charge is 0.416 e. The first-order valence-electron chi connectivity index (χ1n) is 5.91. The Hall–Kier alpha value is -2.51. The molecule has 0 amide bonds. The van der Waals surface area contributed by atoms with Gasteiger partial charge in [-0.2, -0.15) is 13.2 Å². The molecule has 112 valence electrons. The molecule has 21 heavy (non-hydrogen) atoms. The highest BCUT2D eigenvalue weighted by molar-refractivity contribution is 5.57. The van der Waals surface area contributed by atoms with Gasteiger partial charge in [-0.25, -0.2) is 4.79 Å². The van der Waals surface area contributed by atoms with Crippen LogP contribution < -0.4 is 16.6 Å². The van der Waals surface area contributed by atoms with E-state index in [2.05, 4.69) is 5.32 Å². The minimum absolute atomic E-state index is 0.113. The summed E-state index contributed by atoms with van der Waals surface area (Å²) in [4.78, 5) is 23.3. The van der Waals surface area contributed by atoms with Gasteiger partial charge in [0.15, 0.2) is 0 Å². The average Bonchev–Trinajstić information content (AvgIpc) is 2.42. The van der Waals surface area contributed by atoms with Crippen molar-refractivity contribution in [2.75, 3.05) is 5.32 Å². The SMILES string of the molecule is Cn1c(Nc2cccc(C(F)(F)F)c2)cc(=O)n(C)c1=O. The van der Waals surface area contributed by atoms with E-state index in [9.17, 15) is 22.8 Å². The highest BCUT2D eigenvalue weighted by Gasteiger charge is 2.30. The van der Waals surface area contributed by atoms with E-state index >= 15 is 0 Å². The van der Waals surface area contributed by atoms with Crippen molar-refractivity contribution in [3.63, 3.8) is 0 Å². The van der Waals surface area contributed by atoms with Crippen molar-refractivity contribution in [2.24, 2.45) is 14.1 Å². The van der Waals surface area contributed by atoms with E-state index in [-0.39, 0.29) is 11.5 Å². The topological polar surface area (TPSA) is 56.0 Å². The van der Waals surface area contributed by atoms with Gasteiger partial charge in [0.2, 0.25) is 0 Å². The summed E-state index contributed by atoms with van der Waals surface area (Å²) in [6.45, 7) is 0. The normalized spacial score (nSPS) is 11.5. The monoisotopic (exact) mass is 299 g/mol. The highest BCUT2D eigenvalue weighted by atomic mass is 19.4. The Morgan fingerprint density at radius 3 is 2.33 bits per heavy atom. The lowest BCUT2D eigenvalue weighted by Gasteiger charge is -2.13. The molecule has 0 aliphatic heterocycles. The Morgan fingerprint density at radius 1 is 1.05 bits per heavy atom. The van der Waals surface area contributed by atoms with E-state index in [0.717, 1.165) is 27.3 Å². The Labute approximate surface area is 117 Å². The smallest absolute Gasteiger partial charge is 0.341 e. The maximum Gasteiger partial charge on any atom is 0.416 e. The third-order valence-corrected chi connectivity index (χ3v) is 2.99. The zero-order valence-electron chi connectivity index (χ0n) is 11.2. The quantitative estimate of drug-likeness (QED) is 0.920. The average molecular weight is 299 g/mol. The van der Waals surface area contributed by atoms with Crippen LogP contribution in [0, 0.1) is 0 Å². The zero-order chi connectivity index (χ0) is 15.8. The molecular weight excluding hydrogens is 287 g/mol. The molecule has 5 nitrogen and oxygen atoms in total. The number of benzene rings is 1. The number of nitrogens with zero attached hydrogens (tertiary/aromatic N) is 2. The van der Waals surface area contributed by atoms with E-state index in [1.165, 1.54) is 26.2 Å². The van der Waals surface area contributed by atoms with Gasteiger partial charge in [-0.15, -0.1) is 0 Å². The maximum absolute atomic E-state index is 12.6. The Morgan fingerprint density at radius 2 is 1.71 bits per heavy atom. The first-order valence-corrected chi connectivity index (χ1v) is 5.91. The molecule has 0 spiro atoms. The first-order chi connectivity index (χ1) is 9.70. The second-order valence-electron chi connectivity index (χ2n) is 4.47. The molecule has 0 saturated carbocycles. The van der Waals surface area contributed by atoms with Gasteiger partial charge in [0.05, 0.1) is 5.56 Å². The second kappa shape index (κ2) is 5.12. The number of halogens is 3. The van der Waals surface area contributed by atoms with Crippen molar-refractivity contribution in [1.82, 2.24) is 9.13 Å². The van der Waals surface area contributed by atoms with Gasteiger partial charge < -0.3 is 5.32 Å². The van der Waals surface area contributed by atoms with Crippen molar-refractivity contribution in [3.05, 3.63) is 56.7 Å². The molecule has 8 heteroatoms. The van der Waals surface area contributed by atoms with Gasteiger partial charge in [-0.3, -0.25) is 13.9 Å². The molecule has 1 N–H and O–H groups in total. The molecule has 1 aromatic heterocycles. The fourth-order valence-corrected chi connectivity index (χ4v) is 1.77. The Kier molecular flexibility index (Phi) is 3.63. The molecule has 0 radical (unpaired) electrons. The molecule has 1 heterocycles. The molecule has 2 aromatic rings. The maximum atomic E-state index is 12.6. The predicted molar refractivity (Wildman–Crippen MR) is 71.7 cm³/mol. The van der Waals surface area contributed by atoms with Crippen LogP contribution in [0.1, 0.15) is 5.56 Å². The van der Waals surface area contributed by atoms with E-state index < -0.39 is 23.0 Å². The van der Waals surface area contributed by atoms with Crippen molar-refractivity contribution < 1.29 is 13.2 Å². The number of rotatable bonds is 2. The van der Waals surface area contributed by atoms with Crippen LogP contribution in [0.5, 0.6) is 0 Å². The lowest BCUT2D eigenvalue weighted by atomic mass is 10.2. The fraction of sp³-hybridized carbons (Fsp3) is 0.231. The molecule has 0 aliphatic carbocycles. The van der Waals surface area contributed by atoms with Gasteiger partial charge in [0, 0.05) is 25.8 Å². The third-order valence-electron chi connectivity index (χ3n) is 2.99. The Bertz CT molecular complexity index is 790. The highest BCUT2D eigenvalue weighted by Crippen LogP contribution is 2.31. The number of hydrogen-bond donors (Lipinski definition) is 1. The van der Waals surface area contributed by atoms with E-state index in [0.29, 0.717) is 0 Å². The third kappa shape index (κ3) is 2.99. The molecule has 0 atom stereocenters. The van der Waals surface area contributed by atoms with Gasteiger partial charge in [-0.1, -0.05) is 6.07 Å². The predicted octanol–water partition coefficient (Wildman–Crippen LogP) is 1.85. The van der Waals surface area contributed by atoms with Gasteiger partial charge in [0.1, 0.15) is 5.82 Å². The number of nitrogens with one attached hydrogen (secondary N) is 1. The summed E-state index contributed by atoms with van der Waals surface area (Å²) in [7, 11) is 2.73. The van der Waals surface area contributed by atoms with Gasteiger partial charge >= 0.3 is 11.9 Å². The molecule has 0 bridgehead atoms. The first kappa shape index (κ1) is 14.9. The van der Waals surface area contributed by atoms with Crippen LogP contribution >= 0.6 is 0 Å². The lowest BCUT2D eigenvalue weighted by molar-refractivity contribution is -0.137. The van der Waals surface area contributed by atoms with E-state index in [4.69, 9.17) is 0 Å². The molecule has 1 aromatic carbocycles. The molecule has 2 rings (SSSR count). The van der Waals surface area contributed by atoms with Crippen LogP contribution in [0.2, 0.25) is 0 Å². The molecule has 0 unspecified atom stereocenters. The number of anilines is 2. The summed E-state index contributed by atoms with van der Waals surface area (Å²) >= 11 is 0. The van der Waals surface area contributed by atoms with Crippen LogP contribution in [-0.4, -0.2) is 9.13 Å². The van der Waals surface area contributed by atoms with Crippen molar-refractivity contribution in [1.29, 1.82) is 0 Å². The summed E-state index contributed by atoms with van der Waals surface area (Å²) in [6.07, 6.45) is -4.46. The van der Waals surface area contributed by atoms with Crippen LogP contribution in [0.15, 0.2) is 39.9 Å². The van der Waals surface area contributed by atoms with Crippen molar-refractivity contribution in [3.8, 4) is 0 Å². The number of aromatic nitrogens is 2. The van der Waals surface area contributed by atoms with Crippen LogP contribution in [0.25, 0.3) is 0 Å². The van der Waals surface area contributed by atoms with Gasteiger partial charge in [0.25, 0.3) is 5.56 Å². The van der Waals surface area contributed by atoms with Crippen molar-refractivity contribution in [2.45, 2.75) is 6.18 Å². The molecule has 0 saturated heterocycles. The summed E-state index contributed by atoms with van der Waals surface area (Å²) in [5, 5.41) is 2.64. The van der Waals surface area contributed by atoms with E-state index in [1.807, 2.05) is 0 Å². The van der Waals surface area contributed by atoms with Crippen LogP contribution in [-0.2, 0) is 20.3 Å². The van der Waals surface area contributed by atoms with Gasteiger partial charge in [-0.05, 0) is 18.2 Å². The number of hydrogen-bond acceptors (Lipinski definition) is 3. The fourth-order valence-electron chi connectivity index (χ4n) is 1.77. The summed E-state index contributed by atoms with van der Waals surface area (Å²) < 4.78 is 39.9. The molecule has 0 fully saturated rings. The number of alkyl halides is 3. The summed E-state index contributed by atoms with van der Waals surface area (Å²) in [5.41, 5.74) is -1.81. The van der Waals surface area contributed by atoms with Crippen LogP contribution in [0.3, 0.4) is 0 Å². The van der Waals surface area contributed by atoms with Crippen molar-refractivity contribution >= 4 is 11.5 Å². The lowest BCUT2D eigenvalue weighted by Crippen LogP contribution is -2.37. The Balaban J connectivity index is 2.45.